The Hall–Kier alpha value is -2.24. The second-order valence-corrected chi connectivity index (χ2v) is 5.25. The Morgan fingerprint density at radius 2 is 1.78 bits per heavy atom. The molecule has 0 aliphatic carbocycles. The fourth-order valence-corrected chi connectivity index (χ4v) is 2.19. The molecule has 1 atom stereocenters. The van der Waals surface area contributed by atoms with Gasteiger partial charge in [0.2, 0.25) is 0 Å². The quantitative estimate of drug-likeness (QED) is 0.803. The van der Waals surface area contributed by atoms with E-state index in [9.17, 15) is 9.18 Å². The Balaban J connectivity index is 2.18. The minimum absolute atomic E-state index is 0.422. The first kappa shape index (κ1) is 17.1. The molecular weight excluding hydrogens is 299 g/mol. The predicted molar refractivity (Wildman–Crippen MR) is 84.3 cm³/mol. The number of ether oxygens (including phenoxy) is 1. The highest BCUT2D eigenvalue weighted by Crippen LogP contribution is 2.26. The van der Waals surface area contributed by atoms with Gasteiger partial charge in [-0.3, -0.25) is 4.79 Å². The van der Waals surface area contributed by atoms with Crippen molar-refractivity contribution < 1.29 is 24.1 Å². The van der Waals surface area contributed by atoms with Crippen molar-refractivity contribution in [3.63, 3.8) is 0 Å². The van der Waals surface area contributed by atoms with E-state index in [-0.39, 0.29) is 0 Å². The predicted octanol–water partition coefficient (Wildman–Crippen LogP) is 2.49. The molecule has 0 heterocycles. The molecule has 0 saturated heterocycles. The Morgan fingerprint density at radius 3 is 2.35 bits per heavy atom. The number of carbonyl (C=O) groups is 1. The zero-order chi connectivity index (χ0) is 16.8. The van der Waals surface area contributed by atoms with Crippen LogP contribution in [-0.2, 0) is 9.53 Å². The van der Waals surface area contributed by atoms with Crippen molar-refractivity contribution in [2.75, 3.05) is 13.2 Å². The van der Waals surface area contributed by atoms with Crippen molar-refractivity contribution in [2.45, 2.75) is 18.9 Å². The van der Waals surface area contributed by atoms with Gasteiger partial charge in [-0.1, -0.05) is 42.5 Å². The lowest BCUT2D eigenvalue weighted by atomic mass is 9.97. The summed E-state index contributed by atoms with van der Waals surface area (Å²) in [7, 11) is 0. The molecule has 0 radical (unpaired) electrons. The number of benzene rings is 2. The minimum Gasteiger partial charge on any atom is -0.457 e. The van der Waals surface area contributed by atoms with E-state index in [1.165, 1.54) is 6.07 Å². The molecule has 0 saturated carbocycles. The summed E-state index contributed by atoms with van der Waals surface area (Å²) in [6.07, 6.45) is -0.960. The molecule has 5 heteroatoms. The SMILES string of the molecule is CC(C(=O)OC(CO)CO)c1ccc(-c2ccccc2)c(F)c1. The molecular formula is C18H19FO4. The van der Waals surface area contributed by atoms with Crippen LogP contribution in [0.5, 0.6) is 0 Å². The number of carbonyl (C=O) groups excluding carboxylic acids is 1. The van der Waals surface area contributed by atoms with Gasteiger partial charge in [-0.05, 0) is 24.1 Å². The minimum atomic E-state index is -0.960. The average Bonchev–Trinajstić information content (AvgIpc) is 2.59. The zero-order valence-corrected chi connectivity index (χ0v) is 12.8. The fourth-order valence-electron chi connectivity index (χ4n) is 2.19. The number of rotatable bonds is 6. The van der Waals surface area contributed by atoms with Gasteiger partial charge < -0.3 is 14.9 Å². The molecule has 0 spiro atoms. The van der Waals surface area contributed by atoms with Gasteiger partial charge in [0.25, 0.3) is 0 Å². The molecule has 0 bridgehead atoms. The molecule has 2 aromatic carbocycles. The maximum atomic E-state index is 14.3. The van der Waals surface area contributed by atoms with E-state index in [4.69, 9.17) is 14.9 Å². The first-order valence-electron chi connectivity index (χ1n) is 7.34. The van der Waals surface area contributed by atoms with Gasteiger partial charge in [-0.25, -0.2) is 4.39 Å². The van der Waals surface area contributed by atoms with Crippen LogP contribution in [0.2, 0.25) is 0 Å². The topological polar surface area (TPSA) is 66.8 Å². The highest BCUT2D eigenvalue weighted by molar-refractivity contribution is 5.78. The van der Waals surface area contributed by atoms with Crippen molar-refractivity contribution in [1.29, 1.82) is 0 Å². The van der Waals surface area contributed by atoms with Crippen LogP contribution in [-0.4, -0.2) is 35.5 Å². The number of hydrogen-bond acceptors (Lipinski definition) is 4. The summed E-state index contributed by atoms with van der Waals surface area (Å²) >= 11 is 0. The van der Waals surface area contributed by atoms with Crippen LogP contribution in [0.15, 0.2) is 48.5 Å². The zero-order valence-electron chi connectivity index (χ0n) is 12.8. The summed E-state index contributed by atoms with van der Waals surface area (Å²) in [6, 6.07) is 13.7. The van der Waals surface area contributed by atoms with Gasteiger partial charge in [0.1, 0.15) is 11.9 Å². The van der Waals surface area contributed by atoms with Crippen molar-refractivity contribution in [3.05, 3.63) is 59.9 Å². The summed E-state index contributed by atoms with van der Waals surface area (Å²) in [5.74, 6) is -1.74. The molecule has 2 N–H and O–H groups in total. The Kier molecular flexibility index (Phi) is 5.84. The number of halogens is 1. The highest BCUT2D eigenvalue weighted by Gasteiger charge is 2.21. The van der Waals surface area contributed by atoms with E-state index < -0.39 is 37.0 Å². The maximum Gasteiger partial charge on any atom is 0.313 e. The van der Waals surface area contributed by atoms with Gasteiger partial charge in [0, 0.05) is 5.56 Å². The summed E-state index contributed by atoms with van der Waals surface area (Å²) in [4.78, 5) is 12.0. The molecule has 2 aromatic rings. The third kappa shape index (κ3) is 4.15. The molecule has 122 valence electrons. The third-order valence-electron chi connectivity index (χ3n) is 3.62. The molecule has 0 aliphatic rings. The molecule has 0 amide bonds. The number of aliphatic hydroxyl groups excluding tert-OH is 2. The molecule has 1 unspecified atom stereocenters. The smallest absolute Gasteiger partial charge is 0.313 e. The summed E-state index contributed by atoms with van der Waals surface area (Å²) in [5.41, 5.74) is 1.69. The molecule has 0 aromatic heterocycles. The van der Waals surface area contributed by atoms with Crippen LogP contribution in [0, 0.1) is 5.82 Å². The first-order chi connectivity index (χ1) is 11.1. The summed E-state index contributed by atoms with van der Waals surface area (Å²) < 4.78 is 19.3. The van der Waals surface area contributed by atoms with Crippen molar-refractivity contribution in [1.82, 2.24) is 0 Å². The fraction of sp³-hybridized carbons (Fsp3) is 0.278. The van der Waals surface area contributed by atoms with Gasteiger partial charge in [-0.15, -0.1) is 0 Å². The molecule has 23 heavy (non-hydrogen) atoms. The Morgan fingerprint density at radius 1 is 1.13 bits per heavy atom. The van der Waals surface area contributed by atoms with E-state index >= 15 is 0 Å². The third-order valence-corrected chi connectivity index (χ3v) is 3.62. The summed E-state index contributed by atoms with van der Waals surface area (Å²) in [6.45, 7) is 0.664. The largest absolute Gasteiger partial charge is 0.457 e. The lowest BCUT2D eigenvalue weighted by Gasteiger charge is -2.17. The van der Waals surface area contributed by atoms with Crippen LogP contribution >= 0.6 is 0 Å². The van der Waals surface area contributed by atoms with Gasteiger partial charge in [0.15, 0.2) is 0 Å². The molecule has 0 aliphatic heterocycles. The van der Waals surface area contributed by atoms with Gasteiger partial charge in [-0.2, -0.15) is 0 Å². The number of esters is 1. The van der Waals surface area contributed by atoms with Crippen LogP contribution < -0.4 is 0 Å². The molecule has 2 rings (SSSR count). The normalized spacial score (nSPS) is 12.2. The van der Waals surface area contributed by atoms with Crippen LogP contribution in [0.4, 0.5) is 4.39 Å². The highest BCUT2D eigenvalue weighted by atomic mass is 19.1. The standard InChI is InChI=1S/C18H19FO4/c1-12(18(22)23-15(10-20)11-21)14-7-8-16(17(19)9-14)13-5-3-2-4-6-13/h2-9,12,15,20-21H,10-11H2,1H3. The number of aliphatic hydroxyl groups is 2. The van der Waals surface area contributed by atoms with E-state index in [0.717, 1.165) is 5.56 Å². The average molecular weight is 318 g/mol. The maximum absolute atomic E-state index is 14.3. The second-order valence-electron chi connectivity index (χ2n) is 5.25. The van der Waals surface area contributed by atoms with Crippen LogP contribution in [0.1, 0.15) is 18.4 Å². The van der Waals surface area contributed by atoms with E-state index in [0.29, 0.717) is 11.1 Å². The summed E-state index contributed by atoms with van der Waals surface area (Å²) in [5, 5.41) is 17.9. The van der Waals surface area contributed by atoms with E-state index in [1.807, 2.05) is 30.3 Å². The van der Waals surface area contributed by atoms with Gasteiger partial charge >= 0.3 is 5.97 Å². The van der Waals surface area contributed by atoms with E-state index in [1.54, 1.807) is 19.1 Å². The monoisotopic (exact) mass is 318 g/mol. The number of hydrogen-bond donors (Lipinski definition) is 2. The Bertz CT molecular complexity index is 653. The van der Waals surface area contributed by atoms with Crippen molar-refractivity contribution in [3.8, 4) is 11.1 Å². The van der Waals surface area contributed by atoms with Gasteiger partial charge in [0.05, 0.1) is 19.1 Å². The lowest BCUT2D eigenvalue weighted by Crippen LogP contribution is -2.27. The van der Waals surface area contributed by atoms with Crippen LogP contribution in [0.25, 0.3) is 11.1 Å². The van der Waals surface area contributed by atoms with Crippen LogP contribution in [0.3, 0.4) is 0 Å². The van der Waals surface area contributed by atoms with Crippen molar-refractivity contribution >= 4 is 5.97 Å². The lowest BCUT2D eigenvalue weighted by molar-refractivity contribution is -0.154. The Labute approximate surface area is 134 Å². The van der Waals surface area contributed by atoms with E-state index in [2.05, 4.69) is 0 Å². The first-order valence-corrected chi connectivity index (χ1v) is 7.34. The molecule has 4 nitrogen and oxygen atoms in total. The molecule has 0 fully saturated rings. The van der Waals surface area contributed by atoms with Crippen molar-refractivity contribution in [2.24, 2.45) is 0 Å². The second kappa shape index (κ2) is 7.85.